The molecule has 1 fully saturated rings. The first kappa shape index (κ1) is 20.9. The maximum absolute atomic E-state index is 13.1. The van der Waals surface area contributed by atoms with Gasteiger partial charge in [0.2, 0.25) is 0 Å². The number of H-pyrrole nitrogens is 1. The molecule has 3 N–H and O–H groups in total. The molecule has 2 aliphatic rings. The minimum Gasteiger partial charge on any atom is -0.378 e. The number of nitrogens with zero attached hydrogens (tertiary/aromatic N) is 3. The molecule has 1 atom stereocenters. The van der Waals surface area contributed by atoms with Crippen molar-refractivity contribution in [1.82, 2.24) is 24.5 Å². The van der Waals surface area contributed by atoms with Crippen LogP contribution in [-0.4, -0.2) is 71.0 Å². The van der Waals surface area contributed by atoms with Crippen molar-refractivity contribution in [2.75, 3.05) is 26.2 Å². The molecule has 0 saturated carbocycles. The molecule has 164 valence electrons. The van der Waals surface area contributed by atoms with Gasteiger partial charge in [-0.05, 0) is 24.3 Å². The number of rotatable bonds is 3. The number of aliphatic hydroxyl groups is 1. The summed E-state index contributed by atoms with van der Waals surface area (Å²) < 4.78 is 27.5. The molecular formula is C19H20ClN5O4S2. The summed E-state index contributed by atoms with van der Waals surface area (Å²) >= 11 is 7.32. The van der Waals surface area contributed by atoms with Crippen LogP contribution in [-0.2, 0) is 23.0 Å². The first-order chi connectivity index (χ1) is 14.8. The minimum absolute atomic E-state index is 0.114. The van der Waals surface area contributed by atoms with Gasteiger partial charge < -0.3 is 15.0 Å². The van der Waals surface area contributed by atoms with Gasteiger partial charge in [-0.1, -0.05) is 11.6 Å². The van der Waals surface area contributed by atoms with E-state index in [1.807, 2.05) is 0 Å². The fourth-order valence-electron chi connectivity index (χ4n) is 3.86. The average Bonchev–Trinajstić information content (AvgIpc) is 3.37. The number of carbonyl (C=O) groups excluding carboxylic acids is 1. The Morgan fingerprint density at radius 1 is 1.23 bits per heavy atom. The molecule has 0 aliphatic carbocycles. The zero-order valence-corrected chi connectivity index (χ0v) is 18.7. The Hall–Kier alpha value is -2.02. The van der Waals surface area contributed by atoms with E-state index in [0.29, 0.717) is 28.5 Å². The summed E-state index contributed by atoms with van der Waals surface area (Å²) in [5.74, 6) is -0.203. The number of thiazole rings is 1. The van der Waals surface area contributed by atoms with Crippen molar-refractivity contribution in [2.45, 2.75) is 24.2 Å². The maximum Gasteiger partial charge on any atom is 0.282 e. The molecule has 0 bridgehead atoms. The van der Waals surface area contributed by atoms with Crippen molar-refractivity contribution in [3.63, 3.8) is 0 Å². The summed E-state index contributed by atoms with van der Waals surface area (Å²) in [4.78, 5) is 22.8. The number of halogens is 1. The second-order valence-electron chi connectivity index (χ2n) is 7.55. The van der Waals surface area contributed by atoms with Gasteiger partial charge in [0.25, 0.3) is 15.9 Å². The molecule has 0 radical (unpaired) electrons. The Bertz CT molecular complexity index is 1260. The number of sulfonamides is 1. The molecule has 1 saturated heterocycles. The van der Waals surface area contributed by atoms with E-state index in [4.69, 9.17) is 11.6 Å². The molecule has 1 aromatic carbocycles. The van der Waals surface area contributed by atoms with Crippen molar-refractivity contribution in [1.29, 1.82) is 0 Å². The number of amides is 1. The highest BCUT2D eigenvalue weighted by atomic mass is 35.5. The van der Waals surface area contributed by atoms with Crippen LogP contribution in [0, 0.1) is 0 Å². The third-order valence-corrected chi connectivity index (χ3v) is 8.69. The van der Waals surface area contributed by atoms with Crippen molar-refractivity contribution in [3.05, 3.63) is 44.9 Å². The lowest BCUT2D eigenvalue weighted by Crippen LogP contribution is -2.50. The van der Waals surface area contributed by atoms with Gasteiger partial charge in [-0.25, -0.2) is 13.4 Å². The van der Waals surface area contributed by atoms with Crippen LogP contribution in [0.25, 0.3) is 10.9 Å². The molecule has 2 aromatic heterocycles. The number of nitrogens with one attached hydrogen (secondary N) is 2. The normalized spacial score (nSPS) is 20.2. The predicted molar refractivity (Wildman–Crippen MR) is 117 cm³/mol. The number of hydrogen-bond donors (Lipinski definition) is 3. The third-order valence-electron chi connectivity index (χ3n) is 5.55. The number of aromatic amines is 1. The Morgan fingerprint density at radius 3 is 2.77 bits per heavy atom. The molecule has 3 aromatic rings. The number of hydrogen-bond acceptors (Lipinski definition) is 7. The van der Waals surface area contributed by atoms with Crippen molar-refractivity contribution < 1.29 is 18.3 Å². The molecule has 1 unspecified atom stereocenters. The quantitative estimate of drug-likeness (QED) is 0.520. The molecule has 0 spiro atoms. The van der Waals surface area contributed by atoms with E-state index in [1.54, 1.807) is 29.2 Å². The van der Waals surface area contributed by atoms with Crippen LogP contribution < -0.4 is 5.32 Å². The van der Waals surface area contributed by atoms with Crippen molar-refractivity contribution >= 4 is 49.8 Å². The van der Waals surface area contributed by atoms with Gasteiger partial charge in [0, 0.05) is 59.9 Å². The van der Waals surface area contributed by atoms with E-state index < -0.39 is 16.3 Å². The van der Waals surface area contributed by atoms with Crippen LogP contribution in [0.3, 0.4) is 0 Å². The van der Waals surface area contributed by atoms with Gasteiger partial charge in [0.05, 0.1) is 5.69 Å². The van der Waals surface area contributed by atoms with Gasteiger partial charge in [-0.3, -0.25) is 10.1 Å². The second kappa shape index (κ2) is 7.84. The fourth-order valence-corrected chi connectivity index (χ4v) is 6.49. The Balaban J connectivity index is 1.28. The van der Waals surface area contributed by atoms with Crippen LogP contribution in [0.2, 0.25) is 5.02 Å². The Kier molecular flexibility index (Phi) is 5.27. The predicted octanol–water partition coefficient (Wildman–Crippen LogP) is 1.39. The fraction of sp³-hybridized carbons (Fsp3) is 0.368. The zero-order valence-electron chi connectivity index (χ0n) is 16.3. The summed E-state index contributed by atoms with van der Waals surface area (Å²) in [5, 5.41) is 14.4. The summed E-state index contributed by atoms with van der Waals surface area (Å²) in [5.41, 5.74) is 1.45. The standard InChI is InChI=1S/C19H20ClN5O4S2/c20-12-1-2-13-11(7-12)8-17(22-13)31(28,29)25-5-3-24(4-6-25)19(27)18-23-14-9-16(26)21-10-15(14)30-18/h1-2,7-8,16,21-22,26H,3-6,9-10H2. The highest BCUT2D eigenvalue weighted by Crippen LogP contribution is 2.27. The monoisotopic (exact) mass is 481 g/mol. The molecule has 4 heterocycles. The van der Waals surface area contributed by atoms with Crippen LogP contribution in [0.15, 0.2) is 29.3 Å². The van der Waals surface area contributed by atoms with Gasteiger partial charge in [0.1, 0.15) is 11.3 Å². The van der Waals surface area contributed by atoms with Crippen molar-refractivity contribution in [3.8, 4) is 0 Å². The van der Waals surface area contributed by atoms with Crippen LogP contribution in [0.5, 0.6) is 0 Å². The molecule has 31 heavy (non-hydrogen) atoms. The molecule has 9 nitrogen and oxygen atoms in total. The Morgan fingerprint density at radius 2 is 2.00 bits per heavy atom. The van der Waals surface area contributed by atoms with Gasteiger partial charge in [-0.2, -0.15) is 4.31 Å². The van der Waals surface area contributed by atoms with E-state index in [2.05, 4.69) is 15.3 Å². The number of aliphatic hydroxyl groups excluding tert-OH is 1. The number of benzene rings is 1. The molecule has 1 amide bonds. The maximum atomic E-state index is 13.1. The van der Waals surface area contributed by atoms with E-state index in [-0.39, 0.29) is 37.1 Å². The van der Waals surface area contributed by atoms with Crippen LogP contribution >= 0.6 is 22.9 Å². The van der Waals surface area contributed by atoms with Gasteiger partial charge >= 0.3 is 0 Å². The lowest BCUT2D eigenvalue weighted by Gasteiger charge is -2.33. The molecule has 12 heteroatoms. The summed E-state index contributed by atoms with van der Waals surface area (Å²) in [6.45, 7) is 1.47. The number of carbonyl (C=O) groups is 1. The van der Waals surface area contributed by atoms with E-state index in [1.165, 1.54) is 15.6 Å². The zero-order chi connectivity index (χ0) is 21.8. The summed E-state index contributed by atoms with van der Waals surface area (Å²) in [6, 6.07) is 6.74. The van der Waals surface area contributed by atoms with E-state index in [0.717, 1.165) is 16.0 Å². The molecule has 2 aliphatic heterocycles. The topological polar surface area (TPSA) is 119 Å². The lowest BCUT2D eigenvalue weighted by atomic mass is 10.2. The van der Waals surface area contributed by atoms with E-state index in [9.17, 15) is 18.3 Å². The van der Waals surface area contributed by atoms with Crippen molar-refractivity contribution in [2.24, 2.45) is 0 Å². The smallest absolute Gasteiger partial charge is 0.282 e. The molecular weight excluding hydrogens is 462 g/mol. The highest BCUT2D eigenvalue weighted by molar-refractivity contribution is 7.89. The SMILES string of the molecule is O=C(c1nc2c(s1)CNC(O)C2)N1CCN(S(=O)(=O)c2cc3cc(Cl)ccc3[nH]2)CC1. The first-order valence-corrected chi connectivity index (χ1v) is 12.4. The summed E-state index contributed by atoms with van der Waals surface area (Å²) in [6.07, 6.45) is -0.270. The van der Waals surface area contributed by atoms with Gasteiger partial charge in [-0.15, -0.1) is 11.3 Å². The average molecular weight is 482 g/mol. The minimum atomic E-state index is -3.71. The Labute approximate surface area is 187 Å². The lowest BCUT2D eigenvalue weighted by molar-refractivity contribution is 0.0696. The third kappa shape index (κ3) is 3.86. The molecule has 5 rings (SSSR count). The first-order valence-electron chi connectivity index (χ1n) is 9.79. The van der Waals surface area contributed by atoms with Crippen LogP contribution in [0.4, 0.5) is 0 Å². The van der Waals surface area contributed by atoms with Crippen LogP contribution in [0.1, 0.15) is 20.4 Å². The number of piperazine rings is 1. The summed E-state index contributed by atoms with van der Waals surface area (Å²) in [7, 11) is -3.71. The number of aromatic nitrogens is 2. The highest BCUT2D eigenvalue weighted by Gasteiger charge is 2.33. The number of fused-ring (bicyclic) bond motifs is 2. The second-order valence-corrected chi connectivity index (χ2v) is 11.0. The largest absolute Gasteiger partial charge is 0.378 e. The van der Waals surface area contributed by atoms with Gasteiger partial charge in [0.15, 0.2) is 5.01 Å². The van der Waals surface area contributed by atoms with E-state index >= 15 is 0 Å².